The molecular weight excluding hydrogens is 344 g/mol. The van der Waals surface area contributed by atoms with Crippen LogP contribution in [-0.2, 0) is 8.85 Å². The minimum atomic E-state index is -1.64. The Hall–Kier alpha value is -0.626. The summed E-state index contributed by atoms with van der Waals surface area (Å²) >= 11 is 0. The zero-order chi connectivity index (χ0) is 18.8. The molecule has 0 aliphatic carbocycles. The third-order valence-corrected chi connectivity index (χ3v) is 13.3. The van der Waals surface area contributed by atoms with Gasteiger partial charge in [-0.25, -0.2) is 0 Å². The first-order valence-electron chi connectivity index (χ1n) is 9.90. The normalized spacial score (nSPS) is 13.7. The number of hydrogen-bond acceptors (Lipinski definition) is 3. The van der Waals surface area contributed by atoms with Gasteiger partial charge in [-0.15, -0.1) is 0 Å². The molecule has 1 aromatic carbocycles. The number of rotatable bonds is 13. The lowest BCUT2D eigenvalue weighted by molar-refractivity contribution is 0.0956. The van der Waals surface area contributed by atoms with Crippen molar-refractivity contribution in [2.45, 2.75) is 77.5 Å². The van der Waals surface area contributed by atoms with Gasteiger partial charge in [-0.1, -0.05) is 45.9 Å². The largest absolute Gasteiger partial charge is 0.491 e. The van der Waals surface area contributed by atoms with E-state index in [0.29, 0.717) is 6.61 Å². The van der Waals surface area contributed by atoms with Gasteiger partial charge in [-0.05, 0) is 55.8 Å². The summed E-state index contributed by atoms with van der Waals surface area (Å²) in [6.07, 6.45) is 1.03. The van der Waals surface area contributed by atoms with Crippen molar-refractivity contribution in [2.24, 2.45) is 0 Å². The van der Waals surface area contributed by atoms with Crippen LogP contribution in [0.2, 0.25) is 37.3 Å². The maximum absolute atomic E-state index is 6.59. The van der Waals surface area contributed by atoms with Gasteiger partial charge < -0.3 is 13.6 Å². The van der Waals surface area contributed by atoms with Crippen LogP contribution in [0.25, 0.3) is 0 Å². The molecule has 0 heterocycles. The highest BCUT2D eigenvalue weighted by molar-refractivity contribution is 6.72. The molecular formula is C20H38O3Si2. The molecule has 3 nitrogen and oxygen atoms in total. The predicted octanol–water partition coefficient (Wildman–Crippen LogP) is 6.09. The van der Waals surface area contributed by atoms with Crippen molar-refractivity contribution in [2.75, 3.05) is 13.2 Å². The van der Waals surface area contributed by atoms with Gasteiger partial charge in [0.05, 0.1) is 6.10 Å². The molecule has 1 unspecified atom stereocenters. The van der Waals surface area contributed by atoms with E-state index in [2.05, 4.69) is 40.8 Å². The maximum atomic E-state index is 6.59. The molecule has 0 aliphatic heterocycles. The Balaban J connectivity index is 2.63. The van der Waals surface area contributed by atoms with E-state index in [4.69, 9.17) is 13.6 Å². The van der Waals surface area contributed by atoms with Crippen molar-refractivity contribution in [1.82, 2.24) is 0 Å². The summed E-state index contributed by atoms with van der Waals surface area (Å²) in [6.45, 7) is 15.1. The first-order chi connectivity index (χ1) is 11.9. The second-order valence-corrected chi connectivity index (χ2v) is 16.5. The number of para-hydroxylation sites is 1. The Kier molecular flexibility index (Phi) is 10.0. The maximum Gasteiger partial charge on any atom is 0.189 e. The van der Waals surface area contributed by atoms with E-state index in [1.807, 2.05) is 30.3 Å². The van der Waals surface area contributed by atoms with Gasteiger partial charge >= 0.3 is 0 Å². The summed E-state index contributed by atoms with van der Waals surface area (Å²) in [6, 6.07) is 14.6. The van der Waals surface area contributed by atoms with Gasteiger partial charge in [0.1, 0.15) is 12.4 Å². The number of hydrogen-bond donors (Lipinski definition) is 0. The number of ether oxygens (including phenoxy) is 1. The first-order valence-corrected chi connectivity index (χ1v) is 15.5. The summed E-state index contributed by atoms with van der Waals surface area (Å²) in [4.78, 5) is 0. The van der Waals surface area contributed by atoms with Crippen LogP contribution in [0.1, 0.15) is 34.1 Å². The van der Waals surface area contributed by atoms with E-state index in [1.54, 1.807) is 0 Å². The third kappa shape index (κ3) is 8.07. The molecule has 0 bridgehead atoms. The molecule has 1 aromatic rings. The second kappa shape index (κ2) is 11.2. The van der Waals surface area contributed by atoms with E-state index in [-0.39, 0.29) is 6.10 Å². The molecule has 0 radical (unpaired) electrons. The van der Waals surface area contributed by atoms with Crippen LogP contribution in [-0.4, -0.2) is 36.0 Å². The van der Waals surface area contributed by atoms with Gasteiger partial charge in [0.2, 0.25) is 0 Å². The van der Waals surface area contributed by atoms with Crippen LogP contribution in [0, 0.1) is 0 Å². The summed E-state index contributed by atoms with van der Waals surface area (Å²) < 4.78 is 18.9. The van der Waals surface area contributed by atoms with Crippen molar-refractivity contribution >= 4 is 16.6 Å². The molecule has 0 saturated carbocycles. The Bertz CT molecular complexity index is 459. The average Bonchev–Trinajstić information content (AvgIpc) is 2.66. The third-order valence-electron chi connectivity index (χ3n) is 5.51. The fourth-order valence-corrected chi connectivity index (χ4v) is 5.93. The van der Waals surface area contributed by atoms with Crippen LogP contribution >= 0.6 is 0 Å². The lowest BCUT2D eigenvalue weighted by atomic mass is 10.3. The monoisotopic (exact) mass is 382 g/mol. The Morgan fingerprint density at radius 1 is 0.840 bits per heavy atom. The van der Waals surface area contributed by atoms with E-state index < -0.39 is 16.6 Å². The highest BCUT2D eigenvalue weighted by Crippen LogP contribution is 2.22. The van der Waals surface area contributed by atoms with E-state index in [1.165, 1.54) is 12.1 Å². The predicted molar refractivity (Wildman–Crippen MR) is 113 cm³/mol. The molecule has 0 aromatic heterocycles. The molecule has 0 spiro atoms. The molecule has 0 N–H and O–H groups in total. The second-order valence-electron chi connectivity index (χ2n) is 7.32. The summed E-state index contributed by atoms with van der Waals surface area (Å²) in [5, 5.41) is 0. The summed E-state index contributed by atoms with van der Waals surface area (Å²) in [7, 11) is -3.15. The van der Waals surface area contributed by atoms with E-state index in [0.717, 1.165) is 30.9 Å². The zero-order valence-electron chi connectivity index (χ0n) is 17.1. The van der Waals surface area contributed by atoms with Crippen LogP contribution in [0.15, 0.2) is 30.3 Å². The summed E-state index contributed by atoms with van der Waals surface area (Å²) in [5.41, 5.74) is 0. The van der Waals surface area contributed by atoms with Crippen LogP contribution in [0.4, 0.5) is 0 Å². The van der Waals surface area contributed by atoms with Gasteiger partial charge in [0.25, 0.3) is 0 Å². The fourth-order valence-electron chi connectivity index (χ4n) is 2.59. The van der Waals surface area contributed by atoms with Crippen LogP contribution in [0.3, 0.4) is 0 Å². The molecule has 5 heteroatoms. The summed E-state index contributed by atoms with van der Waals surface area (Å²) in [5.74, 6) is 0.912. The topological polar surface area (TPSA) is 27.7 Å². The highest BCUT2D eigenvalue weighted by Gasteiger charge is 2.30. The van der Waals surface area contributed by atoms with Crippen LogP contribution in [0.5, 0.6) is 5.75 Å². The van der Waals surface area contributed by atoms with Gasteiger partial charge in [0.15, 0.2) is 16.6 Å². The van der Waals surface area contributed by atoms with Crippen molar-refractivity contribution in [3.8, 4) is 5.75 Å². The van der Waals surface area contributed by atoms with E-state index >= 15 is 0 Å². The lowest BCUT2D eigenvalue weighted by Crippen LogP contribution is -2.41. The molecule has 1 atom stereocenters. The van der Waals surface area contributed by atoms with Crippen molar-refractivity contribution in [1.29, 1.82) is 0 Å². The quantitative estimate of drug-likeness (QED) is 0.386. The van der Waals surface area contributed by atoms with Crippen molar-refractivity contribution in [3.63, 3.8) is 0 Å². The van der Waals surface area contributed by atoms with Crippen LogP contribution < -0.4 is 4.74 Å². The molecule has 144 valence electrons. The Morgan fingerprint density at radius 2 is 1.40 bits per heavy atom. The Morgan fingerprint density at radius 3 is 1.92 bits per heavy atom. The fraction of sp³-hybridized carbons (Fsp3) is 0.700. The van der Waals surface area contributed by atoms with Crippen molar-refractivity contribution < 1.29 is 13.6 Å². The average molecular weight is 383 g/mol. The molecule has 0 saturated heterocycles. The zero-order valence-corrected chi connectivity index (χ0v) is 19.1. The SMILES string of the molecule is CC[Si](C)(CC)OCCC(COc1ccccc1)O[Si](C)(CC)CC. The van der Waals surface area contributed by atoms with Gasteiger partial charge in [-0.3, -0.25) is 0 Å². The molecule has 0 fully saturated rings. The first kappa shape index (κ1) is 22.4. The Labute approximate surface area is 157 Å². The molecule has 1 rings (SSSR count). The van der Waals surface area contributed by atoms with Gasteiger partial charge in [-0.2, -0.15) is 0 Å². The highest BCUT2D eigenvalue weighted by atomic mass is 28.4. The standard InChI is InChI=1S/C20H38O3Si2/c1-7-24(5,8-2)22-17-16-20(23-25(6,9-3)10-4)18-21-19-14-12-11-13-15-19/h11-15,20H,7-10,16-18H2,1-6H3. The van der Waals surface area contributed by atoms with Gasteiger partial charge in [0, 0.05) is 6.61 Å². The molecule has 0 amide bonds. The smallest absolute Gasteiger partial charge is 0.189 e. The minimum Gasteiger partial charge on any atom is -0.491 e. The minimum absolute atomic E-state index is 0.115. The van der Waals surface area contributed by atoms with E-state index in [9.17, 15) is 0 Å². The number of benzene rings is 1. The molecule has 25 heavy (non-hydrogen) atoms. The van der Waals surface area contributed by atoms with Crippen molar-refractivity contribution in [3.05, 3.63) is 30.3 Å². The molecule has 0 aliphatic rings. The lowest BCUT2D eigenvalue weighted by Gasteiger charge is -2.32.